The zero-order chi connectivity index (χ0) is 13.1. The predicted octanol–water partition coefficient (Wildman–Crippen LogP) is 3.96. The number of hydrogen-bond donors (Lipinski definition) is 1. The third kappa shape index (κ3) is 3.60. The minimum absolute atomic E-state index is 0.866. The molecule has 104 valence electrons. The summed E-state index contributed by atoms with van der Waals surface area (Å²) in [6.07, 6.45) is 9.59. The summed E-state index contributed by atoms with van der Waals surface area (Å²) < 4.78 is 0. The molecule has 3 rings (SSSR count). The van der Waals surface area contributed by atoms with Gasteiger partial charge in [0.05, 0.1) is 0 Å². The lowest BCUT2D eigenvalue weighted by molar-refractivity contribution is 0.364. The van der Waals surface area contributed by atoms with Crippen molar-refractivity contribution >= 4 is 0 Å². The Balaban J connectivity index is 1.54. The lowest BCUT2D eigenvalue weighted by atomic mass is 9.89. The first kappa shape index (κ1) is 13.2. The maximum Gasteiger partial charge on any atom is 0.00683 e. The first-order valence-corrected chi connectivity index (χ1v) is 8.16. The molecule has 0 spiro atoms. The molecule has 19 heavy (non-hydrogen) atoms. The molecule has 2 unspecified atom stereocenters. The Labute approximate surface area is 117 Å². The third-order valence-electron chi connectivity index (χ3n) is 4.99. The highest BCUT2D eigenvalue weighted by Crippen LogP contribution is 2.34. The Bertz CT molecular complexity index is 391. The van der Waals surface area contributed by atoms with Gasteiger partial charge in [-0.1, -0.05) is 37.6 Å². The van der Waals surface area contributed by atoms with Crippen LogP contribution in [0.1, 0.15) is 50.2 Å². The van der Waals surface area contributed by atoms with Crippen LogP contribution in [-0.4, -0.2) is 12.6 Å². The van der Waals surface area contributed by atoms with Crippen LogP contribution in [0.3, 0.4) is 0 Å². The van der Waals surface area contributed by atoms with Gasteiger partial charge in [0.15, 0.2) is 0 Å². The lowest BCUT2D eigenvalue weighted by Gasteiger charge is -2.20. The maximum absolute atomic E-state index is 3.73. The van der Waals surface area contributed by atoms with Crippen LogP contribution >= 0.6 is 0 Å². The van der Waals surface area contributed by atoms with Crippen molar-refractivity contribution < 1.29 is 0 Å². The molecule has 1 N–H and O–H groups in total. The molecule has 0 aromatic heterocycles. The van der Waals surface area contributed by atoms with Crippen LogP contribution in [0.25, 0.3) is 0 Å². The van der Waals surface area contributed by atoms with E-state index < -0.39 is 0 Å². The number of benzene rings is 1. The third-order valence-corrected chi connectivity index (χ3v) is 4.99. The van der Waals surface area contributed by atoms with Crippen LogP contribution in [0.2, 0.25) is 0 Å². The second-order valence-corrected chi connectivity index (χ2v) is 6.51. The minimum Gasteiger partial charge on any atom is -0.314 e. The minimum atomic E-state index is 0.866. The fraction of sp³-hybridized carbons (Fsp3) is 0.667. The Hall–Kier alpha value is -0.820. The lowest BCUT2D eigenvalue weighted by Crippen LogP contribution is -2.27. The molecular weight excluding hydrogens is 230 g/mol. The molecule has 2 fully saturated rings. The highest BCUT2D eigenvalue weighted by molar-refractivity contribution is 5.23. The van der Waals surface area contributed by atoms with E-state index in [0.717, 1.165) is 24.3 Å². The van der Waals surface area contributed by atoms with E-state index in [1.54, 1.807) is 5.56 Å². The topological polar surface area (TPSA) is 12.0 Å². The smallest absolute Gasteiger partial charge is 0.00683 e. The number of aryl methyl sites for hydroxylation is 1. The average Bonchev–Trinajstić information content (AvgIpc) is 3.18. The summed E-state index contributed by atoms with van der Waals surface area (Å²) in [5.41, 5.74) is 3.00. The molecule has 1 heteroatoms. The summed E-state index contributed by atoms with van der Waals surface area (Å²) in [4.78, 5) is 0. The number of rotatable bonds is 6. The molecular formula is C18H27N. The van der Waals surface area contributed by atoms with Crippen molar-refractivity contribution in [1.82, 2.24) is 5.32 Å². The normalized spacial score (nSPS) is 26.8. The van der Waals surface area contributed by atoms with Crippen molar-refractivity contribution in [3.05, 3.63) is 35.4 Å². The van der Waals surface area contributed by atoms with Crippen molar-refractivity contribution in [3.8, 4) is 0 Å². The summed E-state index contributed by atoms with van der Waals surface area (Å²) in [6, 6.07) is 10.2. The van der Waals surface area contributed by atoms with Gasteiger partial charge in [0.25, 0.3) is 0 Å². The van der Waals surface area contributed by atoms with Gasteiger partial charge in [-0.15, -0.1) is 0 Å². The zero-order valence-corrected chi connectivity index (χ0v) is 12.2. The molecule has 1 nitrogen and oxygen atoms in total. The van der Waals surface area contributed by atoms with Crippen molar-refractivity contribution in [2.24, 2.45) is 11.8 Å². The van der Waals surface area contributed by atoms with E-state index in [1.165, 1.54) is 50.6 Å². The van der Waals surface area contributed by atoms with E-state index in [1.807, 2.05) is 0 Å². The van der Waals surface area contributed by atoms with Gasteiger partial charge in [-0.05, 0) is 68.0 Å². The molecule has 1 aromatic carbocycles. The molecule has 0 amide bonds. The van der Waals surface area contributed by atoms with Crippen LogP contribution in [0.5, 0.6) is 0 Å². The van der Waals surface area contributed by atoms with E-state index in [4.69, 9.17) is 0 Å². The second-order valence-electron chi connectivity index (χ2n) is 6.51. The van der Waals surface area contributed by atoms with Crippen LogP contribution in [0.4, 0.5) is 0 Å². The van der Waals surface area contributed by atoms with Gasteiger partial charge in [-0.3, -0.25) is 0 Å². The molecule has 2 atom stereocenters. The Kier molecular flexibility index (Phi) is 4.22. The number of hydrogen-bond acceptors (Lipinski definition) is 1. The first-order valence-electron chi connectivity index (χ1n) is 8.16. The summed E-state index contributed by atoms with van der Waals surface area (Å²) >= 11 is 0. The summed E-state index contributed by atoms with van der Waals surface area (Å²) in [5.74, 6) is 1.84. The van der Waals surface area contributed by atoms with Crippen molar-refractivity contribution in [2.75, 3.05) is 6.54 Å². The van der Waals surface area contributed by atoms with Crippen LogP contribution in [0.15, 0.2) is 24.3 Å². The molecule has 0 bridgehead atoms. The van der Waals surface area contributed by atoms with E-state index in [2.05, 4.69) is 36.5 Å². The average molecular weight is 257 g/mol. The van der Waals surface area contributed by atoms with Crippen LogP contribution < -0.4 is 5.32 Å². The van der Waals surface area contributed by atoms with Gasteiger partial charge < -0.3 is 5.32 Å². The van der Waals surface area contributed by atoms with Gasteiger partial charge in [-0.25, -0.2) is 0 Å². The first-order chi connectivity index (χ1) is 9.35. The summed E-state index contributed by atoms with van der Waals surface area (Å²) in [6.45, 7) is 3.49. The predicted molar refractivity (Wildman–Crippen MR) is 81.4 cm³/mol. The largest absolute Gasteiger partial charge is 0.314 e. The van der Waals surface area contributed by atoms with Crippen molar-refractivity contribution in [1.29, 1.82) is 0 Å². The molecule has 0 aliphatic heterocycles. The van der Waals surface area contributed by atoms with E-state index in [0.29, 0.717) is 0 Å². The Morgan fingerprint density at radius 3 is 2.32 bits per heavy atom. The fourth-order valence-electron chi connectivity index (χ4n) is 3.47. The summed E-state index contributed by atoms with van der Waals surface area (Å²) in [7, 11) is 0. The van der Waals surface area contributed by atoms with Gasteiger partial charge in [-0.2, -0.15) is 0 Å². The van der Waals surface area contributed by atoms with Gasteiger partial charge >= 0.3 is 0 Å². The quantitative estimate of drug-likeness (QED) is 0.813. The summed E-state index contributed by atoms with van der Waals surface area (Å²) in [5, 5.41) is 3.73. The molecule has 0 radical (unpaired) electrons. The second kappa shape index (κ2) is 6.09. The van der Waals surface area contributed by atoms with E-state index >= 15 is 0 Å². The van der Waals surface area contributed by atoms with Crippen molar-refractivity contribution in [2.45, 2.75) is 57.9 Å². The van der Waals surface area contributed by atoms with Gasteiger partial charge in [0, 0.05) is 6.04 Å². The molecule has 0 heterocycles. The van der Waals surface area contributed by atoms with Crippen LogP contribution in [-0.2, 0) is 12.8 Å². The zero-order valence-electron chi connectivity index (χ0n) is 12.2. The standard InChI is InChI=1S/C18H27N/c1-2-14-6-8-15(9-7-14)12-16-4-3-5-17(16)13-19-18-10-11-18/h6-9,16-19H,2-5,10-13H2,1H3. The highest BCUT2D eigenvalue weighted by atomic mass is 14.9. The van der Waals surface area contributed by atoms with Gasteiger partial charge in [0.1, 0.15) is 0 Å². The molecule has 2 aliphatic carbocycles. The van der Waals surface area contributed by atoms with E-state index in [-0.39, 0.29) is 0 Å². The molecule has 2 saturated carbocycles. The maximum atomic E-state index is 3.73. The fourth-order valence-corrected chi connectivity index (χ4v) is 3.47. The molecule has 0 saturated heterocycles. The Morgan fingerprint density at radius 1 is 0.947 bits per heavy atom. The van der Waals surface area contributed by atoms with Crippen LogP contribution in [0, 0.1) is 11.8 Å². The monoisotopic (exact) mass is 257 g/mol. The van der Waals surface area contributed by atoms with Gasteiger partial charge in [0.2, 0.25) is 0 Å². The SMILES string of the molecule is CCc1ccc(CC2CCCC2CNC2CC2)cc1. The molecule has 2 aliphatic rings. The number of nitrogens with one attached hydrogen (secondary N) is 1. The highest BCUT2D eigenvalue weighted by Gasteiger charge is 2.29. The van der Waals surface area contributed by atoms with E-state index in [9.17, 15) is 0 Å². The Morgan fingerprint density at radius 2 is 1.63 bits per heavy atom. The van der Waals surface area contributed by atoms with Crippen molar-refractivity contribution in [3.63, 3.8) is 0 Å². The molecule has 1 aromatic rings.